The summed E-state index contributed by atoms with van der Waals surface area (Å²) in [7, 11) is 6.88. The van der Waals surface area contributed by atoms with Crippen molar-refractivity contribution in [2.45, 2.75) is 96.8 Å². The van der Waals surface area contributed by atoms with Crippen LogP contribution in [0, 0.1) is 0 Å². The highest BCUT2D eigenvalue weighted by Gasteiger charge is 2.04. The van der Waals surface area contributed by atoms with Gasteiger partial charge in [0, 0.05) is 0 Å². The summed E-state index contributed by atoms with van der Waals surface area (Å²) < 4.78 is 1.12. The van der Waals surface area contributed by atoms with Gasteiger partial charge in [-0.3, -0.25) is 0 Å². The molecule has 24 heavy (non-hydrogen) atoms. The average molecular weight is 498 g/mol. The summed E-state index contributed by atoms with van der Waals surface area (Å²) in [4.78, 5) is 0. The van der Waals surface area contributed by atoms with Crippen LogP contribution in [0.1, 0.15) is 96.8 Å². The molecule has 0 unspecified atom stereocenters. The van der Waals surface area contributed by atoms with Crippen LogP contribution in [-0.4, -0.2) is 32.2 Å². The van der Waals surface area contributed by atoms with Gasteiger partial charge in [0.2, 0.25) is 0 Å². The smallest absolute Gasteiger partial charge is 0.0780 e. The van der Waals surface area contributed by atoms with E-state index in [0.29, 0.717) is 0 Å². The van der Waals surface area contributed by atoms with Crippen molar-refractivity contribution in [3.63, 3.8) is 0 Å². The van der Waals surface area contributed by atoms with Crippen molar-refractivity contribution in [2.75, 3.05) is 27.7 Å². The lowest BCUT2D eigenvalue weighted by atomic mass is 10.0. The molecule has 0 atom stereocenters. The number of rotatable bonds is 15. The van der Waals surface area contributed by atoms with Gasteiger partial charge in [-0.1, -0.05) is 84.0 Å². The molecule has 0 bridgehead atoms. The van der Waals surface area contributed by atoms with Gasteiger partial charge in [-0.25, -0.2) is 0 Å². The number of unbranched alkanes of at least 4 members (excludes halogenated alkanes) is 13. The molecule has 5 heteroatoms. The largest absolute Gasteiger partial charge is 1.00 e. The van der Waals surface area contributed by atoms with Crippen LogP contribution >= 0.6 is 0 Å². The normalized spacial score (nSPS) is 10.0. The molecule has 0 heterocycles. The quantitative estimate of drug-likeness (QED) is 0.193. The monoisotopic (exact) mass is 495 g/mol. The predicted molar refractivity (Wildman–Crippen MR) is 99.2 cm³/mol. The molecule has 0 aromatic rings. The number of nitrogens with zero attached hydrogens (tertiary/aromatic N) is 1. The molecule has 2 nitrogen and oxygen atoms in total. The van der Waals surface area contributed by atoms with Gasteiger partial charge in [0.15, 0.2) is 0 Å². The first-order chi connectivity index (χ1) is 9.56. The zero-order valence-corrected chi connectivity index (χ0v) is 21.1. The van der Waals surface area contributed by atoms with E-state index in [-0.39, 0.29) is 52.5 Å². The van der Waals surface area contributed by atoms with E-state index < -0.39 is 0 Å². The van der Waals surface area contributed by atoms with E-state index in [0.717, 1.165) is 4.48 Å². The molecule has 0 aromatic carbocycles. The van der Waals surface area contributed by atoms with E-state index in [1.807, 2.05) is 0 Å². The average Bonchev–Trinajstić information content (AvgIpc) is 2.38. The van der Waals surface area contributed by atoms with Crippen LogP contribution in [-0.2, 0) is 0 Å². The Morgan fingerprint density at radius 1 is 0.500 bits per heavy atom. The fourth-order valence-electron chi connectivity index (χ4n) is 2.78. The number of halogens is 3. The van der Waals surface area contributed by atoms with E-state index >= 15 is 0 Å². The highest BCUT2D eigenvalue weighted by molar-refractivity contribution is 4.49. The molecule has 0 saturated carbocycles. The van der Waals surface area contributed by atoms with Crippen LogP contribution in [0.15, 0.2) is 0 Å². The van der Waals surface area contributed by atoms with Crippen molar-refractivity contribution >= 4 is 0 Å². The van der Waals surface area contributed by atoms with Crippen molar-refractivity contribution in [2.24, 2.45) is 0 Å². The molecule has 0 aromatic heterocycles. The summed E-state index contributed by atoms with van der Waals surface area (Å²) in [5, 5.41) is 0. The van der Waals surface area contributed by atoms with Crippen LogP contribution in [0.2, 0.25) is 0 Å². The molecule has 154 valence electrons. The molecule has 0 fully saturated rings. The minimum Gasteiger partial charge on any atom is -1.00 e. The molecule has 0 saturated heterocycles. The second-order valence-electron chi connectivity index (χ2n) is 7.61. The summed E-state index contributed by atoms with van der Waals surface area (Å²) in [5.41, 5.74) is 0. The van der Waals surface area contributed by atoms with Gasteiger partial charge in [0.25, 0.3) is 0 Å². The van der Waals surface area contributed by atoms with Gasteiger partial charge >= 0.3 is 0 Å². The molecule has 0 amide bonds. The molecule has 0 radical (unpaired) electrons. The van der Waals surface area contributed by atoms with Gasteiger partial charge in [-0.15, -0.1) is 0 Å². The maximum atomic E-state index is 2.29. The van der Waals surface area contributed by atoms with Crippen molar-refractivity contribution in [3.05, 3.63) is 0 Å². The third kappa shape index (κ3) is 34.5. The van der Waals surface area contributed by atoms with Gasteiger partial charge in [0.05, 0.1) is 27.7 Å². The Labute approximate surface area is 181 Å². The summed E-state index contributed by atoms with van der Waals surface area (Å²) in [6, 6.07) is 0. The van der Waals surface area contributed by atoms with E-state index in [1.165, 1.54) is 96.4 Å². The highest BCUT2D eigenvalue weighted by atomic mass is 79.9. The molecular formula is C19H46Br2ClN2-. The third-order valence-corrected chi connectivity index (χ3v) is 4.18. The summed E-state index contributed by atoms with van der Waals surface area (Å²) >= 11 is 0. The molecule has 0 rings (SSSR count). The standard InChI is InChI=1S/C19H42N.2BrH.ClH.H3N/c1-5-6-7-8-9-10-11-12-13-14-15-16-17-18-19-20(2,3)4;;;;/h5-19H2,1-4H3;3*1H;1H3/q+1;;;;/p-2. The van der Waals surface area contributed by atoms with Gasteiger partial charge in [0.1, 0.15) is 0 Å². The minimum atomic E-state index is 0. The molecule has 0 aliphatic carbocycles. The second kappa shape index (κ2) is 26.4. The zero-order valence-electron chi connectivity index (χ0n) is 17.2. The number of quaternary nitrogens is 2. The predicted octanol–water partition coefficient (Wildman–Crippen LogP) is -2.44. The first-order valence-electron chi connectivity index (χ1n) is 9.36. The van der Waals surface area contributed by atoms with Crippen molar-refractivity contribution in [1.29, 1.82) is 0 Å². The summed E-state index contributed by atoms with van der Waals surface area (Å²) in [6.45, 7) is 3.63. The van der Waals surface area contributed by atoms with Crippen LogP contribution < -0.4 is 52.5 Å². The third-order valence-electron chi connectivity index (χ3n) is 4.18. The van der Waals surface area contributed by atoms with Crippen molar-refractivity contribution in [1.82, 2.24) is 6.15 Å². The van der Waals surface area contributed by atoms with Crippen molar-refractivity contribution in [3.8, 4) is 0 Å². The summed E-state index contributed by atoms with van der Waals surface area (Å²) in [6.07, 6.45) is 20.4. The Morgan fingerprint density at radius 3 is 1.00 bits per heavy atom. The molecule has 0 spiro atoms. The lowest BCUT2D eigenvalue weighted by Crippen LogP contribution is -3.00. The lowest BCUT2D eigenvalue weighted by Gasteiger charge is -2.23. The second-order valence-corrected chi connectivity index (χ2v) is 7.61. The first-order valence-corrected chi connectivity index (χ1v) is 9.36. The van der Waals surface area contributed by atoms with Crippen LogP contribution in [0.5, 0.6) is 0 Å². The Bertz CT molecular complexity index is 200. The van der Waals surface area contributed by atoms with Gasteiger partial charge in [-0.05, 0) is 12.8 Å². The van der Waals surface area contributed by atoms with E-state index in [4.69, 9.17) is 0 Å². The van der Waals surface area contributed by atoms with E-state index in [9.17, 15) is 0 Å². The Hall–Kier alpha value is 1.17. The van der Waals surface area contributed by atoms with Gasteiger partial charge in [-0.2, -0.15) is 0 Å². The number of hydrogen-bond acceptors (Lipinski definition) is 0. The molecule has 0 aliphatic rings. The van der Waals surface area contributed by atoms with Gasteiger partial charge < -0.3 is 57.0 Å². The Morgan fingerprint density at radius 2 is 0.750 bits per heavy atom. The fourth-order valence-corrected chi connectivity index (χ4v) is 2.78. The Kier molecular flexibility index (Phi) is 39.8. The maximum absolute atomic E-state index is 2.29. The van der Waals surface area contributed by atoms with E-state index in [1.54, 1.807) is 0 Å². The van der Waals surface area contributed by atoms with Crippen LogP contribution in [0.25, 0.3) is 0 Å². The topological polar surface area (TPSA) is 36.5 Å². The maximum Gasteiger partial charge on any atom is 0.0780 e. The molecule has 0 aliphatic heterocycles. The zero-order chi connectivity index (χ0) is 15.1. The molecule has 4 N–H and O–H groups in total. The van der Waals surface area contributed by atoms with Crippen molar-refractivity contribution < 1.29 is 50.9 Å². The number of hydrogen-bond donors (Lipinski definition) is 1. The van der Waals surface area contributed by atoms with Crippen LogP contribution in [0.3, 0.4) is 0 Å². The molecular weight excluding hydrogens is 451 g/mol. The lowest BCUT2D eigenvalue weighted by molar-refractivity contribution is -0.870. The SMILES string of the molecule is CCCCCCCCCCCCCCCC[N+](C)(C)C.[Br-].[Br-].[Cl-].[NH4+]. The van der Waals surface area contributed by atoms with Crippen LogP contribution in [0.4, 0.5) is 0 Å². The first kappa shape index (κ1) is 36.1. The fraction of sp³-hybridized carbons (Fsp3) is 1.00. The minimum absolute atomic E-state index is 0. The highest BCUT2D eigenvalue weighted by Crippen LogP contribution is 2.13. The Balaban J connectivity index is -0.000000301. The van der Waals surface area contributed by atoms with E-state index in [2.05, 4.69) is 28.1 Å². The summed E-state index contributed by atoms with van der Waals surface area (Å²) in [5.74, 6) is 0.